The monoisotopic (exact) mass is 213 g/mol. The number of hydrogen-bond donors (Lipinski definition) is 1. The van der Waals surface area contributed by atoms with E-state index in [0.29, 0.717) is 0 Å². The topological polar surface area (TPSA) is 30.5 Å². The summed E-state index contributed by atoms with van der Waals surface area (Å²) in [4.78, 5) is 0. The van der Waals surface area contributed by atoms with Gasteiger partial charge >= 0.3 is 0 Å². The maximum absolute atomic E-state index is 8.16. The standard InChI is InChI=1S/C12H17NO2/c1-3-13-9(2)6-10-4-5-11-12(7-10)15-8-14-11/h4-5,7,9,13H,3,6,8H2,1-2H3/t9-/m0/s1/i3D2,6D2,8D2. The van der Waals surface area contributed by atoms with E-state index in [4.69, 9.17) is 17.7 Å². The third kappa shape index (κ3) is 2.42. The molecule has 0 radical (unpaired) electrons. The van der Waals surface area contributed by atoms with Gasteiger partial charge in [0.25, 0.3) is 0 Å². The number of rotatable bonds is 4. The van der Waals surface area contributed by atoms with Gasteiger partial charge in [0.05, 0.1) is 0 Å². The molecule has 0 fully saturated rings. The van der Waals surface area contributed by atoms with Crippen molar-refractivity contribution in [3.63, 3.8) is 0 Å². The third-order valence-electron chi connectivity index (χ3n) is 1.99. The minimum absolute atomic E-state index is 0.132. The molecule has 3 nitrogen and oxygen atoms in total. The Morgan fingerprint density at radius 3 is 3.13 bits per heavy atom. The Hall–Kier alpha value is -1.22. The van der Waals surface area contributed by atoms with Crippen molar-refractivity contribution in [3.8, 4) is 11.5 Å². The highest BCUT2D eigenvalue weighted by atomic mass is 16.7. The van der Waals surface area contributed by atoms with Crippen molar-refractivity contribution in [3.05, 3.63) is 23.8 Å². The number of likely N-dealkylation sites (N-methyl/N-ethyl adjacent to an activating group) is 1. The summed E-state index contributed by atoms with van der Waals surface area (Å²) in [7, 11) is 0. The smallest absolute Gasteiger partial charge is 0.231 e. The molecule has 0 bridgehead atoms. The van der Waals surface area contributed by atoms with Crippen molar-refractivity contribution in [2.45, 2.75) is 26.3 Å². The molecule has 0 aliphatic carbocycles. The molecule has 3 heteroatoms. The van der Waals surface area contributed by atoms with E-state index in [1.165, 1.54) is 25.1 Å². The van der Waals surface area contributed by atoms with Gasteiger partial charge in [-0.3, -0.25) is 0 Å². The molecule has 1 N–H and O–H groups in total. The lowest BCUT2D eigenvalue weighted by Gasteiger charge is -2.12. The number of nitrogens with one attached hydrogen (secondary N) is 1. The molecule has 1 aliphatic rings. The Balaban J connectivity index is 2.26. The van der Waals surface area contributed by atoms with E-state index in [2.05, 4.69) is 5.32 Å². The molecule has 0 spiro atoms. The van der Waals surface area contributed by atoms with Crippen molar-refractivity contribution >= 4 is 0 Å². The summed E-state index contributed by atoms with van der Waals surface area (Å²) in [5.74, 6) is 0.346. The number of hydrogen-bond acceptors (Lipinski definition) is 3. The number of fused-ring (bicyclic) bond motifs is 1. The molecule has 82 valence electrons. The van der Waals surface area contributed by atoms with Crippen LogP contribution in [0.25, 0.3) is 0 Å². The van der Waals surface area contributed by atoms with Gasteiger partial charge in [-0.15, -0.1) is 0 Å². The minimum Gasteiger partial charge on any atom is -0.454 e. The fourth-order valence-electron chi connectivity index (χ4n) is 1.38. The molecule has 0 saturated carbocycles. The fraction of sp³-hybridized carbons (Fsp3) is 0.500. The molecule has 0 saturated heterocycles. The lowest BCUT2D eigenvalue weighted by molar-refractivity contribution is 0.174. The zero-order valence-electron chi connectivity index (χ0n) is 14.6. The molecule has 1 aromatic carbocycles. The number of benzene rings is 1. The summed E-state index contributed by atoms with van der Waals surface area (Å²) in [6.07, 6.45) is -1.86. The summed E-state index contributed by atoms with van der Waals surface area (Å²) in [5.41, 5.74) is 0.256. The molecule has 15 heavy (non-hydrogen) atoms. The van der Waals surface area contributed by atoms with Gasteiger partial charge < -0.3 is 14.8 Å². The van der Waals surface area contributed by atoms with Crippen LogP contribution in [-0.4, -0.2) is 19.3 Å². The second kappa shape index (κ2) is 4.53. The van der Waals surface area contributed by atoms with Crippen LogP contribution in [-0.2, 0) is 6.37 Å². The summed E-state index contributed by atoms with van der Waals surface area (Å²) >= 11 is 0. The Morgan fingerprint density at radius 1 is 1.53 bits per heavy atom. The van der Waals surface area contributed by atoms with Gasteiger partial charge in [-0.25, -0.2) is 0 Å². The van der Waals surface area contributed by atoms with Crippen molar-refractivity contribution in [2.75, 3.05) is 13.2 Å². The Morgan fingerprint density at radius 2 is 2.33 bits per heavy atom. The third-order valence-corrected chi connectivity index (χ3v) is 1.99. The minimum atomic E-state index is -2.25. The fourth-order valence-corrected chi connectivity index (χ4v) is 1.38. The van der Waals surface area contributed by atoms with Crippen LogP contribution in [0, 0.1) is 0 Å². The van der Waals surface area contributed by atoms with Crippen LogP contribution in [0.3, 0.4) is 0 Å². The molecule has 2 rings (SSSR count). The predicted octanol–water partition coefficient (Wildman–Crippen LogP) is 1.96. The van der Waals surface area contributed by atoms with Crippen LogP contribution < -0.4 is 14.8 Å². The van der Waals surface area contributed by atoms with Crippen LogP contribution in [0.5, 0.6) is 11.5 Å². The molecule has 0 aromatic heterocycles. The molecule has 1 atom stereocenters. The Labute approximate surface area is 98.8 Å². The summed E-state index contributed by atoms with van der Waals surface area (Å²) in [5, 5.41) is 2.55. The number of ether oxygens (including phenoxy) is 2. The lowest BCUT2D eigenvalue weighted by atomic mass is 10.1. The highest BCUT2D eigenvalue weighted by Gasteiger charge is 2.13. The van der Waals surface area contributed by atoms with Crippen LogP contribution in [0.2, 0.25) is 0 Å². The second-order valence-corrected chi connectivity index (χ2v) is 3.21. The molecular formula is C12H17NO2. The zero-order chi connectivity index (χ0) is 16.1. The molecule has 0 amide bonds. The normalized spacial score (nSPS) is 26.5. The average molecular weight is 213 g/mol. The Bertz CT molecular complexity index is 543. The van der Waals surface area contributed by atoms with Crippen LogP contribution in [0.15, 0.2) is 18.2 Å². The molecular weight excluding hydrogens is 190 g/mol. The van der Waals surface area contributed by atoms with Crippen molar-refractivity contribution in [1.82, 2.24) is 5.32 Å². The van der Waals surface area contributed by atoms with E-state index in [1.807, 2.05) is 0 Å². The van der Waals surface area contributed by atoms with Gasteiger partial charge in [0.1, 0.15) is 2.74 Å². The first-order chi connectivity index (χ1) is 9.41. The van der Waals surface area contributed by atoms with E-state index in [-0.39, 0.29) is 17.1 Å². The van der Waals surface area contributed by atoms with Gasteiger partial charge in [0, 0.05) is 11.5 Å². The maximum Gasteiger partial charge on any atom is 0.231 e. The van der Waals surface area contributed by atoms with Crippen LogP contribution in [0.4, 0.5) is 0 Å². The lowest BCUT2D eigenvalue weighted by Crippen LogP contribution is -2.27. The average Bonchev–Trinajstić information content (AvgIpc) is 2.59. The van der Waals surface area contributed by atoms with Crippen LogP contribution >= 0.6 is 0 Å². The first-order valence-corrected chi connectivity index (χ1v) is 4.71. The highest BCUT2D eigenvalue weighted by Crippen LogP contribution is 2.32. The van der Waals surface area contributed by atoms with Gasteiger partial charge in [0.15, 0.2) is 11.5 Å². The zero-order valence-corrected chi connectivity index (χ0v) is 8.63. The Kier molecular flexibility index (Phi) is 1.58. The summed E-state index contributed by atoms with van der Waals surface area (Å²) < 4.78 is 55.9. The van der Waals surface area contributed by atoms with Gasteiger partial charge in [-0.1, -0.05) is 13.0 Å². The van der Waals surface area contributed by atoms with E-state index in [0.717, 1.165) is 0 Å². The van der Waals surface area contributed by atoms with Crippen molar-refractivity contribution < 1.29 is 17.7 Å². The largest absolute Gasteiger partial charge is 0.454 e. The van der Waals surface area contributed by atoms with Crippen molar-refractivity contribution in [2.24, 2.45) is 0 Å². The molecule has 1 heterocycles. The first kappa shape index (κ1) is 5.21. The summed E-state index contributed by atoms with van der Waals surface area (Å²) in [6, 6.07) is 3.51. The predicted molar refractivity (Wildman–Crippen MR) is 59.4 cm³/mol. The quantitative estimate of drug-likeness (QED) is 0.829. The molecule has 1 aromatic rings. The molecule has 0 unspecified atom stereocenters. The van der Waals surface area contributed by atoms with Gasteiger partial charge in [-0.2, -0.15) is 0 Å². The van der Waals surface area contributed by atoms with E-state index in [9.17, 15) is 0 Å². The van der Waals surface area contributed by atoms with E-state index < -0.39 is 25.7 Å². The van der Waals surface area contributed by atoms with E-state index in [1.54, 1.807) is 6.92 Å². The molecule has 1 aliphatic heterocycles. The van der Waals surface area contributed by atoms with Crippen molar-refractivity contribution in [1.29, 1.82) is 0 Å². The highest BCUT2D eigenvalue weighted by molar-refractivity contribution is 5.44. The first-order valence-electron chi connectivity index (χ1n) is 7.71. The van der Waals surface area contributed by atoms with E-state index >= 15 is 0 Å². The van der Waals surface area contributed by atoms with Gasteiger partial charge in [-0.05, 0) is 37.5 Å². The SMILES string of the molecule is [2H]C([2H])(C)N[C@@H](C)C([2H])([2H])c1ccc2c(c1)OC([2H])([2H])O2. The summed E-state index contributed by atoms with van der Waals surface area (Å²) in [6.45, 7) is -1.10. The van der Waals surface area contributed by atoms with Gasteiger partial charge in [0.2, 0.25) is 6.75 Å². The maximum atomic E-state index is 8.16. The van der Waals surface area contributed by atoms with Crippen LogP contribution in [0.1, 0.15) is 27.6 Å². The second-order valence-electron chi connectivity index (χ2n) is 3.21.